The molecule has 5 nitrogen and oxygen atoms in total. The van der Waals surface area contributed by atoms with Crippen molar-refractivity contribution >= 4 is 56.1 Å². The number of carboxylic acid groups (broad SMARTS) is 1. The van der Waals surface area contributed by atoms with Crippen LogP contribution in [0, 0.1) is 3.57 Å². The molecule has 1 aromatic carbocycles. The average molecular weight is 463 g/mol. The van der Waals surface area contributed by atoms with Crippen LogP contribution < -0.4 is 5.32 Å². The van der Waals surface area contributed by atoms with Crippen LogP contribution in [0.4, 0.5) is 5.69 Å². The Morgan fingerprint density at radius 2 is 2.10 bits per heavy atom. The van der Waals surface area contributed by atoms with Gasteiger partial charge in [-0.3, -0.25) is 4.79 Å². The number of hydrogen-bond acceptors (Lipinski definition) is 2. The second-order valence-corrected chi connectivity index (χ2v) is 6.44. The van der Waals surface area contributed by atoms with Crippen LogP contribution in [0.5, 0.6) is 0 Å². The molecule has 1 heterocycles. The summed E-state index contributed by atoms with van der Waals surface area (Å²) in [5, 5.41) is 11.9. The number of nitrogens with one attached hydrogen (secondary N) is 1. The van der Waals surface area contributed by atoms with Crippen molar-refractivity contribution in [2.45, 2.75) is 13.5 Å². The number of hydrogen-bond donors (Lipinski definition) is 2. The molecular weight excluding hydrogens is 451 g/mol. The fraction of sp³-hybridized carbons (Fsp3) is 0.143. The van der Waals surface area contributed by atoms with E-state index in [1.165, 1.54) is 6.07 Å². The number of rotatable bonds is 4. The molecule has 0 radical (unpaired) electrons. The van der Waals surface area contributed by atoms with E-state index < -0.39 is 5.97 Å². The zero-order valence-electron chi connectivity index (χ0n) is 11.1. The Bertz CT molecular complexity index is 712. The van der Waals surface area contributed by atoms with Gasteiger partial charge in [0.05, 0.1) is 11.3 Å². The Labute approximate surface area is 143 Å². The number of carbonyl (C=O) groups excluding carboxylic acids is 1. The van der Waals surface area contributed by atoms with Crippen molar-refractivity contribution in [2.24, 2.45) is 0 Å². The average Bonchev–Trinajstić information content (AvgIpc) is 2.81. The molecule has 0 atom stereocenters. The van der Waals surface area contributed by atoms with Gasteiger partial charge in [-0.25, -0.2) is 4.79 Å². The van der Waals surface area contributed by atoms with Crippen LogP contribution in [0.15, 0.2) is 34.9 Å². The topological polar surface area (TPSA) is 71.3 Å². The maximum Gasteiger partial charge on any atom is 0.337 e. The lowest BCUT2D eigenvalue weighted by molar-refractivity contribution is 0.0698. The molecule has 7 heteroatoms. The van der Waals surface area contributed by atoms with Crippen molar-refractivity contribution in [3.63, 3.8) is 0 Å². The van der Waals surface area contributed by atoms with E-state index in [9.17, 15) is 14.7 Å². The van der Waals surface area contributed by atoms with Gasteiger partial charge >= 0.3 is 5.97 Å². The second-order valence-electron chi connectivity index (χ2n) is 4.28. The molecule has 1 amide bonds. The Morgan fingerprint density at radius 1 is 1.38 bits per heavy atom. The highest BCUT2D eigenvalue weighted by atomic mass is 127. The molecule has 0 unspecified atom stereocenters. The number of aromatic carboxylic acids is 1. The van der Waals surface area contributed by atoms with Gasteiger partial charge in [0.15, 0.2) is 0 Å². The van der Waals surface area contributed by atoms with Crippen molar-refractivity contribution in [3.05, 3.63) is 49.8 Å². The van der Waals surface area contributed by atoms with Crippen LogP contribution in [-0.2, 0) is 6.54 Å². The summed E-state index contributed by atoms with van der Waals surface area (Å²) in [7, 11) is 0. The number of nitrogens with zero attached hydrogens (tertiary/aromatic N) is 1. The number of halogens is 2. The first-order chi connectivity index (χ1) is 9.92. The van der Waals surface area contributed by atoms with Gasteiger partial charge in [0, 0.05) is 20.8 Å². The highest BCUT2D eigenvalue weighted by Gasteiger charge is 2.16. The lowest BCUT2D eigenvalue weighted by Gasteiger charge is -2.10. The lowest BCUT2D eigenvalue weighted by Crippen LogP contribution is -2.18. The van der Waals surface area contributed by atoms with Crippen LogP contribution >= 0.6 is 38.5 Å². The quantitative estimate of drug-likeness (QED) is 0.678. The molecule has 0 spiro atoms. The van der Waals surface area contributed by atoms with E-state index >= 15 is 0 Å². The monoisotopic (exact) mass is 462 g/mol. The van der Waals surface area contributed by atoms with Crippen LogP contribution in [0.3, 0.4) is 0 Å². The van der Waals surface area contributed by atoms with Crippen molar-refractivity contribution in [1.82, 2.24) is 4.57 Å². The predicted molar refractivity (Wildman–Crippen MR) is 91.9 cm³/mol. The van der Waals surface area contributed by atoms with Gasteiger partial charge in [-0.15, -0.1) is 0 Å². The third-order valence-electron chi connectivity index (χ3n) is 2.90. The minimum atomic E-state index is -1.07. The zero-order chi connectivity index (χ0) is 15.6. The molecule has 2 rings (SSSR count). The lowest BCUT2D eigenvalue weighted by atomic mass is 10.2. The molecule has 0 aliphatic carbocycles. The van der Waals surface area contributed by atoms with E-state index in [0.717, 1.165) is 8.04 Å². The highest BCUT2D eigenvalue weighted by molar-refractivity contribution is 14.1. The summed E-state index contributed by atoms with van der Waals surface area (Å²) in [6.45, 7) is 2.57. The maximum absolute atomic E-state index is 12.3. The number of carboxylic acids is 1. The zero-order valence-corrected chi connectivity index (χ0v) is 14.8. The Balaban J connectivity index is 2.33. The van der Waals surface area contributed by atoms with Crippen molar-refractivity contribution in [2.75, 3.05) is 5.32 Å². The van der Waals surface area contributed by atoms with Crippen LogP contribution in [0.2, 0.25) is 0 Å². The molecule has 2 N–H and O–H groups in total. The predicted octanol–water partition coefficient (Wildman–Crippen LogP) is 3.83. The third-order valence-corrected chi connectivity index (χ3v) is 4.00. The molecule has 110 valence electrons. The summed E-state index contributed by atoms with van der Waals surface area (Å²) in [5.74, 6) is -1.41. The van der Waals surface area contributed by atoms with Gasteiger partial charge in [-0.05, 0) is 69.7 Å². The molecule has 0 bridgehead atoms. The van der Waals surface area contributed by atoms with Crippen molar-refractivity contribution in [3.8, 4) is 0 Å². The first-order valence-corrected chi connectivity index (χ1v) is 7.99. The smallest absolute Gasteiger partial charge is 0.337 e. The third kappa shape index (κ3) is 3.65. The van der Waals surface area contributed by atoms with Crippen molar-refractivity contribution in [1.29, 1.82) is 0 Å². The molecule has 2 aromatic rings. The summed E-state index contributed by atoms with van der Waals surface area (Å²) in [6.07, 6.45) is 1.81. The van der Waals surface area contributed by atoms with Crippen LogP contribution in [-0.4, -0.2) is 21.6 Å². The first-order valence-electron chi connectivity index (χ1n) is 6.12. The van der Waals surface area contributed by atoms with Crippen molar-refractivity contribution < 1.29 is 14.7 Å². The fourth-order valence-electron chi connectivity index (χ4n) is 1.92. The molecule has 0 fully saturated rings. The normalized spacial score (nSPS) is 10.4. The van der Waals surface area contributed by atoms with Crippen LogP contribution in [0.25, 0.3) is 0 Å². The SMILES string of the molecule is CCn1cc(Br)cc1C(=O)Nc1ccc(I)cc1C(=O)O. The maximum atomic E-state index is 12.3. The number of carbonyl (C=O) groups is 2. The summed E-state index contributed by atoms with van der Waals surface area (Å²) < 4.78 is 3.38. The standard InChI is InChI=1S/C14H12BrIN2O3/c1-2-18-7-8(15)5-12(18)13(19)17-11-4-3-9(16)6-10(11)14(20)21/h3-7H,2H2,1H3,(H,17,19)(H,20,21). The van der Waals surface area contributed by atoms with Gasteiger partial charge < -0.3 is 15.0 Å². The Kier molecular flexibility index (Phi) is 5.04. The van der Waals surface area contributed by atoms with Gasteiger partial charge in [0.25, 0.3) is 5.91 Å². The molecular formula is C14H12BrIN2O3. The van der Waals surface area contributed by atoms with Crippen LogP contribution in [0.1, 0.15) is 27.8 Å². The Hall–Kier alpha value is -1.35. The molecule has 0 saturated heterocycles. The molecule has 0 aliphatic heterocycles. The largest absolute Gasteiger partial charge is 0.478 e. The van der Waals surface area contributed by atoms with E-state index in [1.54, 1.807) is 29.0 Å². The highest BCUT2D eigenvalue weighted by Crippen LogP contribution is 2.21. The summed E-state index contributed by atoms with van der Waals surface area (Å²) in [5.41, 5.74) is 0.830. The second kappa shape index (κ2) is 6.61. The summed E-state index contributed by atoms with van der Waals surface area (Å²) in [6, 6.07) is 6.56. The van der Waals surface area contributed by atoms with E-state index in [0.29, 0.717) is 12.2 Å². The Morgan fingerprint density at radius 3 is 2.71 bits per heavy atom. The van der Waals surface area contributed by atoms with E-state index in [2.05, 4.69) is 21.2 Å². The van der Waals surface area contributed by atoms with Gasteiger partial charge in [0.2, 0.25) is 0 Å². The minimum absolute atomic E-state index is 0.0731. The summed E-state index contributed by atoms with van der Waals surface area (Å²) in [4.78, 5) is 23.6. The summed E-state index contributed by atoms with van der Waals surface area (Å²) >= 11 is 5.36. The number of aryl methyl sites for hydroxylation is 1. The van der Waals surface area contributed by atoms with Gasteiger partial charge in [0.1, 0.15) is 5.69 Å². The number of amides is 1. The van der Waals surface area contributed by atoms with E-state index in [-0.39, 0.29) is 17.2 Å². The molecule has 0 saturated carbocycles. The molecule has 1 aromatic heterocycles. The number of aromatic nitrogens is 1. The van der Waals surface area contributed by atoms with E-state index in [4.69, 9.17) is 0 Å². The van der Waals surface area contributed by atoms with Gasteiger partial charge in [-0.1, -0.05) is 0 Å². The van der Waals surface area contributed by atoms with Gasteiger partial charge in [-0.2, -0.15) is 0 Å². The van der Waals surface area contributed by atoms with E-state index in [1.807, 2.05) is 29.5 Å². The molecule has 21 heavy (non-hydrogen) atoms. The number of anilines is 1. The molecule has 0 aliphatic rings. The first kappa shape index (κ1) is 16.0. The fourth-order valence-corrected chi connectivity index (χ4v) is 2.87. The number of benzene rings is 1. The minimum Gasteiger partial charge on any atom is -0.478 e.